The lowest BCUT2D eigenvalue weighted by atomic mass is 10.2. The summed E-state index contributed by atoms with van der Waals surface area (Å²) in [5.41, 5.74) is 1.25. The summed E-state index contributed by atoms with van der Waals surface area (Å²) in [5.74, 6) is 2.53. The van der Waals surface area contributed by atoms with Gasteiger partial charge in [-0.25, -0.2) is 0 Å². The van der Waals surface area contributed by atoms with Crippen LogP contribution in [0.3, 0.4) is 0 Å². The molecular formula is C12H17NOS. The fraction of sp³-hybridized carbons (Fsp3) is 0.500. The van der Waals surface area contributed by atoms with Gasteiger partial charge in [0.05, 0.1) is 13.2 Å². The van der Waals surface area contributed by atoms with Crippen LogP contribution in [0, 0.1) is 0 Å². The third-order valence-electron chi connectivity index (χ3n) is 2.43. The SMILES string of the molecule is c1ccc(COCCNC2CSC2)cc1. The zero-order chi connectivity index (χ0) is 10.3. The predicted molar refractivity (Wildman–Crippen MR) is 65.2 cm³/mol. The molecule has 0 saturated carbocycles. The van der Waals surface area contributed by atoms with Crippen molar-refractivity contribution in [2.45, 2.75) is 12.6 Å². The van der Waals surface area contributed by atoms with E-state index in [2.05, 4.69) is 17.4 Å². The molecule has 0 amide bonds. The Morgan fingerprint density at radius 2 is 2.07 bits per heavy atom. The number of rotatable bonds is 6. The Bertz CT molecular complexity index is 274. The Labute approximate surface area is 95.4 Å². The van der Waals surface area contributed by atoms with E-state index in [-0.39, 0.29) is 0 Å². The Kier molecular flexibility index (Phi) is 4.51. The van der Waals surface area contributed by atoms with Crippen LogP contribution in [0.5, 0.6) is 0 Å². The molecule has 3 heteroatoms. The highest BCUT2D eigenvalue weighted by Gasteiger charge is 2.16. The Balaban J connectivity index is 1.51. The summed E-state index contributed by atoms with van der Waals surface area (Å²) in [6.07, 6.45) is 0. The molecule has 0 aromatic heterocycles. The van der Waals surface area contributed by atoms with Crippen molar-refractivity contribution < 1.29 is 4.74 Å². The number of benzene rings is 1. The van der Waals surface area contributed by atoms with E-state index in [0.29, 0.717) is 0 Å². The lowest BCUT2D eigenvalue weighted by molar-refractivity contribution is 0.121. The minimum absolute atomic E-state index is 0.724. The third-order valence-corrected chi connectivity index (χ3v) is 3.71. The second kappa shape index (κ2) is 6.16. The maximum atomic E-state index is 5.57. The summed E-state index contributed by atoms with van der Waals surface area (Å²) >= 11 is 2.00. The van der Waals surface area contributed by atoms with Crippen LogP contribution in [0.25, 0.3) is 0 Å². The molecule has 0 atom stereocenters. The van der Waals surface area contributed by atoms with Crippen molar-refractivity contribution in [2.24, 2.45) is 0 Å². The van der Waals surface area contributed by atoms with Gasteiger partial charge in [-0.2, -0.15) is 11.8 Å². The van der Waals surface area contributed by atoms with E-state index in [1.807, 2.05) is 30.0 Å². The second-order valence-electron chi connectivity index (χ2n) is 3.73. The largest absolute Gasteiger partial charge is 0.375 e. The molecule has 1 aliphatic heterocycles. The van der Waals surface area contributed by atoms with Crippen LogP contribution in [-0.4, -0.2) is 30.7 Å². The van der Waals surface area contributed by atoms with Gasteiger partial charge in [0.25, 0.3) is 0 Å². The summed E-state index contributed by atoms with van der Waals surface area (Å²) in [6, 6.07) is 11.0. The summed E-state index contributed by atoms with van der Waals surface area (Å²) in [5, 5.41) is 3.46. The molecule has 1 aliphatic rings. The molecule has 1 N–H and O–H groups in total. The minimum atomic E-state index is 0.724. The van der Waals surface area contributed by atoms with Gasteiger partial charge in [0.2, 0.25) is 0 Å². The van der Waals surface area contributed by atoms with Gasteiger partial charge >= 0.3 is 0 Å². The fourth-order valence-corrected chi connectivity index (χ4v) is 2.16. The molecule has 1 fully saturated rings. The molecule has 0 bridgehead atoms. The number of ether oxygens (including phenoxy) is 1. The number of thioether (sulfide) groups is 1. The standard InChI is InChI=1S/C12H17NOS/c1-2-4-11(5-3-1)8-14-7-6-13-12-9-15-10-12/h1-5,12-13H,6-10H2. The molecule has 1 heterocycles. The van der Waals surface area contributed by atoms with Crippen LogP contribution in [0.4, 0.5) is 0 Å². The zero-order valence-electron chi connectivity index (χ0n) is 8.82. The molecule has 15 heavy (non-hydrogen) atoms. The van der Waals surface area contributed by atoms with E-state index in [1.54, 1.807) is 0 Å². The highest BCUT2D eigenvalue weighted by molar-refractivity contribution is 8.00. The summed E-state index contributed by atoms with van der Waals surface area (Å²) < 4.78 is 5.57. The highest BCUT2D eigenvalue weighted by atomic mass is 32.2. The van der Waals surface area contributed by atoms with Crippen molar-refractivity contribution in [3.05, 3.63) is 35.9 Å². The molecule has 0 spiro atoms. The molecule has 1 aromatic carbocycles. The molecule has 1 aromatic rings. The maximum absolute atomic E-state index is 5.57. The first-order valence-corrected chi connectivity index (χ1v) is 6.53. The van der Waals surface area contributed by atoms with Gasteiger partial charge < -0.3 is 10.1 Å². The number of nitrogens with one attached hydrogen (secondary N) is 1. The van der Waals surface area contributed by atoms with Gasteiger partial charge in [-0.05, 0) is 5.56 Å². The monoisotopic (exact) mass is 223 g/mol. The average molecular weight is 223 g/mol. The van der Waals surface area contributed by atoms with E-state index in [9.17, 15) is 0 Å². The zero-order valence-corrected chi connectivity index (χ0v) is 9.63. The van der Waals surface area contributed by atoms with Crippen LogP contribution in [0.1, 0.15) is 5.56 Å². The van der Waals surface area contributed by atoms with E-state index < -0.39 is 0 Å². The van der Waals surface area contributed by atoms with Crippen LogP contribution >= 0.6 is 11.8 Å². The molecular weight excluding hydrogens is 206 g/mol. The summed E-state index contributed by atoms with van der Waals surface area (Å²) in [4.78, 5) is 0. The molecule has 0 radical (unpaired) electrons. The predicted octanol–water partition coefficient (Wildman–Crippen LogP) is 1.91. The van der Waals surface area contributed by atoms with Crippen molar-refractivity contribution in [1.82, 2.24) is 5.32 Å². The van der Waals surface area contributed by atoms with E-state index in [0.717, 1.165) is 25.8 Å². The van der Waals surface area contributed by atoms with Crippen molar-refractivity contribution in [2.75, 3.05) is 24.7 Å². The first kappa shape index (κ1) is 11.0. The average Bonchev–Trinajstić information content (AvgIpc) is 2.22. The van der Waals surface area contributed by atoms with E-state index in [4.69, 9.17) is 4.74 Å². The summed E-state index contributed by atoms with van der Waals surface area (Å²) in [6.45, 7) is 2.50. The van der Waals surface area contributed by atoms with Crippen molar-refractivity contribution >= 4 is 11.8 Å². The van der Waals surface area contributed by atoms with Gasteiger partial charge in [-0.1, -0.05) is 30.3 Å². The van der Waals surface area contributed by atoms with Crippen molar-refractivity contribution in [3.63, 3.8) is 0 Å². The van der Waals surface area contributed by atoms with E-state index >= 15 is 0 Å². The first-order chi connectivity index (χ1) is 7.45. The molecule has 1 saturated heterocycles. The smallest absolute Gasteiger partial charge is 0.0717 e. The third kappa shape index (κ3) is 3.86. The van der Waals surface area contributed by atoms with Gasteiger partial charge in [0.1, 0.15) is 0 Å². The van der Waals surface area contributed by atoms with Crippen LogP contribution in [-0.2, 0) is 11.3 Å². The van der Waals surface area contributed by atoms with Gasteiger partial charge in [-0.3, -0.25) is 0 Å². The molecule has 82 valence electrons. The lowest BCUT2D eigenvalue weighted by Gasteiger charge is -2.25. The Morgan fingerprint density at radius 3 is 2.73 bits per heavy atom. The number of hydrogen-bond acceptors (Lipinski definition) is 3. The molecule has 0 aliphatic carbocycles. The minimum Gasteiger partial charge on any atom is -0.375 e. The summed E-state index contributed by atoms with van der Waals surface area (Å²) in [7, 11) is 0. The normalized spacial score (nSPS) is 16.3. The van der Waals surface area contributed by atoms with Crippen LogP contribution < -0.4 is 5.32 Å². The maximum Gasteiger partial charge on any atom is 0.0717 e. The van der Waals surface area contributed by atoms with Crippen molar-refractivity contribution in [3.8, 4) is 0 Å². The van der Waals surface area contributed by atoms with Gasteiger partial charge in [0.15, 0.2) is 0 Å². The number of hydrogen-bond donors (Lipinski definition) is 1. The Morgan fingerprint density at radius 1 is 1.27 bits per heavy atom. The molecule has 2 rings (SSSR count). The first-order valence-electron chi connectivity index (χ1n) is 5.38. The van der Waals surface area contributed by atoms with Crippen LogP contribution in [0.15, 0.2) is 30.3 Å². The van der Waals surface area contributed by atoms with Crippen LogP contribution in [0.2, 0.25) is 0 Å². The fourth-order valence-electron chi connectivity index (χ4n) is 1.45. The molecule has 2 nitrogen and oxygen atoms in total. The Hall–Kier alpha value is -0.510. The highest BCUT2D eigenvalue weighted by Crippen LogP contribution is 2.16. The van der Waals surface area contributed by atoms with Gasteiger partial charge in [0, 0.05) is 24.1 Å². The molecule has 0 unspecified atom stereocenters. The van der Waals surface area contributed by atoms with E-state index in [1.165, 1.54) is 17.1 Å². The van der Waals surface area contributed by atoms with Crippen molar-refractivity contribution in [1.29, 1.82) is 0 Å². The lowest BCUT2D eigenvalue weighted by Crippen LogP contribution is -2.41. The topological polar surface area (TPSA) is 21.3 Å². The quantitative estimate of drug-likeness (QED) is 0.744. The van der Waals surface area contributed by atoms with Gasteiger partial charge in [-0.15, -0.1) is 0 Å². The second-order valence-corrected chi connectivity index (χ2v) is 4.80.